The van der Waals surface area contributed by atoms with E-state index < -0.39 is 0 Å². The van der Waals surface area contributed by atoms with Crippen LogP contribution < -0.4 is 0 Å². The van der Waals surface area contributed by atoms with Gasteiger partial charge in [-0.15, -0.1) is 0 Å². The minimum atomic E-state index is -0.109. The summed E-state index contributed by atoms with van der Waals surface area (Å²) in [6.45, 7) is 4.31. The fourth-order valence-electron chi connectivity index (χ4n) is 1.93. The fraction of sp³-hybridized carbons (Fsp3) is 0.800. The van der Waals surface area contributed by atoms with E-state index in [9.17, 15) is 5.11 Å². The maximum atomic E-state index is 9.77. The molecule has 1 heteroatoms. The third-order valence-corrected chi connectivity index (χ3v) is 3.04. The summed E-state index contributed by atoms with van der Waals surface area (Å²) in [5.41, 5.74) is 0.0955. The van der Waals surface area contributed by atoms with Crippen LogP contribution in [0.4, 0.5) is 0 Å². The van der Waals surface area contributed by atoms with E-state index in [2.05, 4.69) is 26.0 Å². The molecule has 0 aromatic carbocycles. The molecular weight excluding hydrogens is 136 g/mol. The van der Waals surface area contributed by atoms with E-state index in [0.29, 0.717) is 0 Å². The van der Waals surface area contributed by atoms with Crippen molar-refractivity contribution in [3.05, 3.63) is 12.2 Å². The second-order valence-electron chi connectivity index (χ2n) is 3.44. The van der Waals surface area contributed by atoms with Crippen molar-refractivity contribution in [3.63, 3.8) is 0 Å². The minimum Gasteiger partial charge on any atom is -0.392 e. The number of hydrogen-bond donors (Lipinski definition) is 1. The zero-order chi connectivity index (χ0) is 8.32. The van der Waals surface area contributed by atoms with Gasteiger partial charge in [0.05, 0.1) is 6.10 Å². The largest absolute Gasteiger partial charge is 0.392 e. The summed E-state index contributed by atoms with van der Waals surface area (Å²) in [4.78, 5) is 0. The van der Waals surface area contributed by atoms with Crippen molar-refractivity contribution in [2.45, 2.75) is 45.6 Å². The SMILES string of the molecule is CCC1(CC)C=CCCC1O. The molecule has 0 aliphatic heterocycles. The topological polar surface area (TPSA) is 20.2 Å². The van der Waals surface area contributed by atoms with E-state index in [1.165, 1.54) is 0 Å². The second kappa shape index (κ2) is 3.40. The smallest absolute Gasteiger partial charge is 0.0633 e. The summed E-state index contributed by atoms with van der Waals surface area (Å²) in [5.74, 6) is 0. The zero-order valence-electron chi connectivity index (χ0n) is 7.51. The molecule has 1 aliphatic carbocycles. The van der Waals surface area contributed by atoms with Crippen LogP contribution in [-0.2, 0) is 0 Å². The van der Waals surface area contributed by atoms with Crippen LogP contribution in [0.5, 0.6) is 0 Å². The van der Waals surface area contributed by atoms with E-state index in [-0.39, 0.29) is 11.5 Å². The van der Waals surface area contributed by atoms with Gasteiger partial charge < -0.3 is 5.11 Å². The molecule has 1 rings (SSSR count). The highest BCUT2D eigenvalue weighted by atomic mass is 16.3. The Hall–Kier alpha value is -0.300. The quantitative estimate of drug-likeness (QED) is 0.606. The van der Waals surface area contributed by atoms with E-state index >= 15 is 0 Å². The Morgan fingerprint density at radius 1 is 1.45 bits per heavy atom. The lowest BCUT2D eigenvalue weighted by Crippen LogP contribution is -2.34. The first-order valence-corrected chi connectivity index (χ1v) is 4.61. The summed E-state index contributed by atoms with van der Waals surface area (Å²) in [5, 5.41) is 9.77. The van der Waals surface area contributed by atoms with Gasteiger partial charge in [0.1, 0.15) is 0 Å². The predicted molar refractivity (Wildman–Crippen MR) is 47.4 cm³/mol. The highest BCUT2D eigenvalue weighted by Crippen LogP contribution is 2.37. The van der Waals surface area contributed by atoms with Crippen molar-refractivity contribution in [3.8, 4) is 0 Å². The number of hydrogen-bond acceptors (Lipinski definition) is 1. The van der Waals surface area contributed by atoms with Crippen molar-refractivity contribution in [1.82, 2.24) is 0 Å². The van der Waals surface area contributed by atoms with Crippen molar-refractivity contribution in [2.24, 2.45) is 5.41 Å². The average molecular weight is 154 g/mol. The van der Waals surface area contributed by atoms with Gasteiger partial charge in [0.15, 0.2) is 0 Å². The van der Waals surface area contributed by atoms with Crippen molar-refractivity contribution >= 4 is 0 Å². The van der Waals surface area contributed by atoms with Crippen LogP contribution in [0, 0.1) is 5.41 Å². The van der Waals surface area contributed by atoms with Crippen LogP contribution in [0.3, 0.4) is 0 Å². The molecular formula is C10H18O. The highest BCUT2D eigenvalue weighted by molar-refractivity contribution is 5.06. The summed E-state index contributed by atoms with van der Waals surface area (Å²) >= 11 is 0. The molecule has 0 radical (unpaired) electrons. The molecule has 0 saturated carbocycles. The molecule has 1 unspecified atom stereocenters. The van der Waals surface area contributed by atoms with Crippen molar-refractivity contribution in [2.75, 3.05) is 0 Å². The van der Waals surface area contributed by atoms with E-state index in [1.54, 1.807) is 0 Å². The second-order valence-corrected chi connectivity index (χ2v) is 3.44. The third-order valence-electron chi connectivity index (χ3n) is 3.04. The molecule has 0 spiro atoms. The molecule has 0 amide bonds. The first-order valence-electron chi connectivity index (χ1n) is 4.61. The molecule has 11 heavy (non-hydrogen) atoms. The number of allylic oxidation sites excluding steroid dienone is 1. The molecule has 0 saturated heterocycles. The van der Waals surface area contributed by atoms with Gasteiger partial charge >= 0.3 is 0 Å². The lowest BCUT2D eigenvalue weighted by molar-refractivity contribution is 0.0400. The van der Waals surface area contributed by atoms with E-state index in [1.807, 2.05) is 0 Å². The number of rotatable bonds is 2. The maximum absolute atomic E-state index is 9.77. The summed E-state index contributed by atoms with van der Waals surface area (Å²) in [6, 6.07) is 0. The minimum absolute atomic E-state index is 0.0955. The Bertz CT molecular complexity index is 145. The zero-order valence-corrected chi connectivity index (χ0v) is 7.51. The highest BCUT2D eigenvalue weighted by Gasteiger charge is 2.32. The molecule has 64 valence electrons. The van der Waals surface area contributed by atoms with Gasteiger partial charge in [0.2, 0.25) is 0 Å². The van der Waals surface area contributed by atoms with Crippen molar-refractivity contribution in [1.29, 1.82) is 0 Å². The molecule has 0 aromatic heterocycles. The molecule has 0 heterocycles. The predicted octanol–water partition coefficient (Wildman–Crippen LogP) is 2.50. The molecule has 0 aromatic rings. The molecule has 1 N–H and O–H groups in total. The normalized spacial score (nSPS) is 28.8. The summed E-state index contributed by atoms with van der Waals surface area (Å²) < 4.78 is 0. The van der Waals surface area contributed by atoms with Gasteiger partial charge in [0.25, 0.3) is 0 Å². The van der Waals surface area contributed by atoms with Gasteiger partial charge in [0, 0.05) is 5.41 Å². The fourth-order valence-corrected chi connectivity index (χ4v) is 1.93. The Labute approximate surface area is 69.1 Å². The molecule has 0 bridgehead atoms. The number of aliphatic hydroxyl groups is 1. The van der Waals surface area contributed by atoms with Crippen LogP contribution in [0.15, 0.2) is 12.2 Å². The lowest BCUT2D eigenvalue weighted by Gasteiger charge is -2.36. The van der Waals surface area contributed by atoms with Crippen LogP contribution in [0.25, 0.3) is 0 Å². The van der Waals surface area contributed by atoms with Gasteiger partial charge in [-0.05, 0) is 25.7 Å². The van der Waals surface area contributed by atoms with Crippen LogP contribution in [0.1, 0.15) is 39.5 Å². The Morgan fingerprint density at radius 2 is 2.09 bits per heavy atom. The monoisotopic (exact) mass is 154 g/mol. The number of aliphatic hydroxyl groups excluding tert-OH is 1. The molecule has 1 aliphatic rings. The molecule has 0 fully saturated rings. The third kappa shape index (κ3) is 1.48. The summed E-state index contributed by atoms with van der Waals surface area (Å²) in [7, 11) is 0. The molecule has 1 atom stereocenters. The average Bonchev–Trinajstić information content (AvgIpc) is 2.06. The first kappa shape index (κ1) is 8.79. The molecule has 1 nitrogen and oxygen atoms in total. The maximum Gasteiger partial charge on any atom is 0.0633 e. The van der Waals surface area contributed by atoms with Gasteiger partial charge in [-0.25, -0.2) is 0 Å². The summed E-state index contributed by atoms with van der Waals surface area (Å²) in [6.07, 6.45) is 8.41. The lowest BCUT2D eigenvalue weighted by atomic mass is 9.72. The van der Waals surface area contributed by atoms with Gasteiger partial charge in [-0.2, -0.15) is 0 Å². The van der Waals surface area contributed by atoms with Crippen LogP contribution in [0.2, 0.25) is 0 Å². The van der Waals surface area contributed by atoms with Gasteiger partial charge in [-0.3, -0.25) is 0 Å². The van der Waals surface area contributed by atoms with E-state index in [0.717, 1.165) is 25.7 Å². The van der Waals surface area contributed by atoms with Crippen LogP contribution >= 0.6 is 0 Å². The van der Waals surface area contributed by atoms with Gasteiger partial charge in [-0.1, -0.05) is 26.0 Å². The standard InChI is InChI=1S/C10H18O/c1-3-10(4-2)8-6-5-7-9(10)11/h6,8-9,11H,3-5,7H2,1-2H3. The first-order chi connectivity index (χ1) is 5.25. The Morgan fingerprint density at radius 3 is 2.45 bits per heavy atom. The van der Waals surface area contributed by atoms with E-state index in [4.69, 9.17) is 0 Å². The van der Waals surface area contributed by atoms with Crippen LogP contribution in [-0.4, -0.2) is 11.2 Å². The van der Waals surface area contributed by atoms with Crippen molar-refractivity contribution < 1.29 is 5.11 Å². The Balaban J connectivity index is 2.77. The Kier molecular flexibility index (Phi) is 2.72.